The number of nitrogens with one attached hydrogen (secondary N) is 1. The molecule has 2 unspecified atom stereocenters. The van der Waals surface area contributed by atoms with E-state index in [0.29, 0.717) is 6.42 Å². The van der Waals surface area contributed by atoms with Crippen molar-refractivity contribution in [2.45, 2.75) is 32.2 Å². The summed E-state index contributed by atoms with van der Waals surface area (Å²) in [6, 6.07) is 1.01. The van der Waals surface area contributed by atoms with Crippen LogP contribution in [-0.2, 0) is 9.59 Å². The fraction of sp³-hybridized carbons (Fsp3) is 0.385. The Hall–Kier alpha value is -1.62. The number of hydrogen-bond donors (Lipinski definition) is 2. The predicted octanol–water partition coefficient (Wildman–Crippen LogP) is 2.39. The van der Waals surface area contributed by atoms with Crippen molar-refractivity contribution in [2.24, 2.45) is 0 Å². The molecular formula is C13H17NO3S. The molecule has 98 valence electrons. The summed E-state index contributed by atoms with van der Waals surface area (Å²) in [6.45, 7) is 3.58. The molecule has 0 bridgehead atoms. The van der Waals surface area contributed by atoms with Gasteiger partial charge in [0.25, 0.3) is 0 Å². The second-order valence-electron chi connectivity index (χ2n) is 3.98. The van der Waals surface area contributed by atoms with Gasteiger partial charge in [-0.05, 0) is 42.7 Å². The third kappa shape index (κ3) is 4.00. The van der Waals surface area contributed by atoms with Crippen LogP contribution in [0, 0.1) is 0 Å². The van der Waals surface area contributed by atoms with E-state index in [2.05, 4.69) is 5.32 Å². The van der Waals surface area contributed by atoms with E-state index in [1.165, 1.54) is 11.3 Å². The molecule has 1 rings (SSSR count). The monoisotopic (exact) mass is 267 g/mol. The highest BCUT2D eigenvalue weighted by molar-refractivity contribution is 7.08. The van der Waals surface area contributed by atoms with Crippen LogP contribution in [0.25, 0.3) is 0 Å². The topological polar surface area (TPSA) is 66.4 Å². The van der Waals surface area contributed by atoms with Gasteiger partial charge >= 0.3 is 5.97 Å². The van der Waals surface area contributed by atoms with Gasteiger partial charge in [0.2, 0.25) is 5.91 Å². The minimum absolute atomic E-state index is 0.259. The van der Waals surface area contributed by atoms with E-state index in [9.17, 15) is 9.59 Å². The second kappa shape index (κ2) is 6.96. The van der Waals surface area contributed by atoms with Gasteiger partial charge in [0, 0.05) is 0 Å². The van der Waals surface area contributed by atoms with Gasteiger partial charge in [0.05, 0.1) is 5.92 Å². The van der Waals surface area contributed by atoms with Crippen molar-refractivity contribution in [2.75, 3.05) is 0 Å². The molecule has 1 amide bonds. The van der Waals surface area contributed by atoms with Gasteiger partial charge in [-0.15, -0.1) is 0 Å². The van der Waals surface area contributed by atoms with Gasteiger partial charge in [0.15, 0.2) is 0 Å². The Kier molecular flexibility index (Phi) is 5.58. The summed E-state index contributed by atoms with van der Waals surface area (Å²) in [5.41, 5.74) is 0.910. The minimum atomic E-state index is -1.01. The van der Waals surface area contributed by atoms with E-state index in [4.69, 9.17) is 5.11 Å². The van der Waals surface area contributed by atoms with Gasteiger partial charge in [-0.3, -0.25) is 4.79 Å². The van der Waals surface area contributed by atoms with Gasteiger partial charge in [-0.1, -0.05) is 12.2 Å². The van der Waals surface area contributed by atoms with Crippen molar-refractivity contribution in [3.8, 4) is 0 Å². The molecule has 2 N–H and O–H groups in total. The van der Waals surface area contributed by atoms with Crippen LogP contribution in [-0.4, -0.2) is 23.0 Å². The lowest BCUT2D eigenvalue weighted by Gasteiger charge is -2.16. The van der Waals surface area contributed by atoms with E-state index >= 15 is 0 Å². The first-order valence-electron chi connectivity index (χ1n) is 5.72. The van der Waals surface area contributed by atoms with Crippen molar-refractivity contribution in [1.82, 2.24) is 5.32 Å². The number of thiophene rings is 1. The number of amides is 1. The highest BCUT2D eigenvalue weighted by Gasteiger charge is 2.22. The average Bonchev–Trinajstić information content (AvgIpc) is 2.86. The standard InChI is InChI=1S/C13H17NO3S/c1-3-4-5-11(13(16)17)14-12(15)9(2)10-6-7-18-8-10/h3-4,6-9,11H,5H2,1-2H3,(H,14,15)(H,16,17)/b4-3+. The van der Waals surface area contributed by atoms with Crippen LogP contribution in [0.3, 0.4) is 0 Å². The van der Waals surface area contributed by atoms with Crippen LogP contribution in [0.2, 0.25) is 0 Å². The second-order valence-corrected chi connectivity index (χ2v) is 4.76. The van der Waals surface area contributed by atoms with Crippen molar-refractivity contribution >= 4 is 23.2 Å². The zero-order valence-electron chi connectivity index (χ0n) is 10.4. The Bertz CT molecular complexity index is 425. The zero-order chi connectivity index (χ0) is 13.5. The molecule has 4 nitrogen and oxygen atoms in total. The van der Waals surface area contributed by atoms with Gasteiger partial charge in [-0.2, -0.15) is 11.3 Å². The number of carbonyl (C=O) groups is 2. The number of carboxylic acids is 1. The van der Waals surface area contributed by atoms with Gasteiger partial charge in [0.1, 0.15) is 6.04 Å². The summed E-state index contributed by atoms with van der Waals surface area (Å²) in [7, 11) is 0. The number of aliphatic carboxylic acids is 1. The van der Waals surface area contributed by atoms with Crippen molar-refractivity contribution in [3.05, 3.63) is 34.5 Å². The largest absolute Gasteiger partial charge is 0.480 e. The lowest BCUT2D eigenvalue weighted by atomic mass is 10.0. The lowest BCUT2D eigenvalue weighted by Crippen LogP contribution is -2.42. The van der Waals surface area contributed by atoms with Crippen LogP contribution >= 0.6 is 11.3 Å². The maximum absolute atomic E-state index is 11.9. The molecule has 1 aromatic rings. The summed E-state index contributed by atoms with van der Waals surface area (Å²) in [4.78, 5) is 22.9. The Morgan fingerprint density at radius 2 is 2.28 bits per heavy atom. The van der Waals surface area contributed by atoms with Crippen molar-refractivity contribution in [3.63, 3.8) is 0 Å². The highest BCUT2D eigenvalue weighted by atomic mass is 32.1. The summed E-state index contributed by atoms with van der Waals surface area (Å²) in [5, 5.41) is 15.4. The van der Waals surface area contributed by atoms with E-state index in [1.54, 1.807) is 19.1 Å². The molecule has 0 radical (unpaired) electrons. The Balaban J connectivity index is 2.63. The molecule has 0 saturated heterocycles. The molecule has 0 spiro atoms. The molecular weight excluding hydrogens is 250 g/mol. The van der Waals surface area contributed by atoms with Crippen LogP contribution < -0.4 is 5.32 Å². The molecule has 2 atom stereocenters. The van der Waals surface area contributed by atoms with Crippen molar-refractivity contribution in [1.29, 1.82) is 0 Å². The predicted molar refractivity (Wildman–Crippen MR) is 71.7 cm³/mol. The van der Waals surface area contributed by atoms with E-state index in [0.717, 1.165) is 5.56 Å². The first-order chi connectivity index (χ1) is 8.56. The number of carbonyl (C=O) groups excluding carboxylic acids is 1. The zero-order valence-corrected chi connectivity index (χ0v) is 11.2. The number of rotatable bonds is 6. The Morgan fingerprint density at radius 3 is 2.78 bits per heavy atom. The number of hydrogen-bond acceptors (Lipinski definition) is 3. The molecule has 0 saturated carbocycles. The summed E-state index contributed by atoms with van der Waals surface area (Å²) in [6.07, 6.45) is 3.80. The smallest absolute Gasteiger partial charge is 0.326 e. The number of carboxylic acid groups (broad SMARTS) is 1. The molecule has 1 aromatic heterocycles. The van der Waals surface area contributed by atoms with Crippen LogP contribution in [0.1, 0.15) is 31.7 Å². The normalized spacial score (nSPS) is 14.3. The first-order valence-corrected chi connectivity index (χ1v) is 6.67. The maximum Gasteiger partial charge on any atom is 0.326 e. The third-order valence-electron chi connectivity index (χ3n) is 2.66. The van der Waals surface area contributed by atoms with Crippen LogP contribution in [0.4, 0.5) is 0 Å². The van der Waals surface area contributed by atoms with E-state index in [-0.39, 0.29) is 11.8 Å². The fourth-order valence-electron chi connectivity index (χ4n) is 1.46. The Labute approximate surface area is 110 Å². The van der Waals surface area contributed by atoms with Crippen molar-refractivity contribution < 1.29 is 14.7 Å². The van der Waals surface area contributed by atoms with Gasteiger partial charge in [-0.25, -0.2) is 4.79 Å². The maximum atomic E-state index is 11.9. The lowest BCUT2D eigenvalue weighted by molar-refractivity contribution is -0.141. The highest BCUT2D eigenvalue weighted by Crippen LogP contribution is 2.18. The average molecular weight is 267 g/mol. The van der Waals surface area contributed by atoms with Crippen LogP contribution in [0.15, 0.2) is 29.0 Å². The molecule has 0 aromatic carbocycles. The fourth-order valence-corrected chi connectivity index (χ4v) is 2.22. The molecule has 0 aliphatic heterocycles. The van der Waals surface area contributed by atoms with E-state index < -0.39 is 12.0 Å². The molecule has 0 aliphatic carbocycles. The molecule has 1 heterocycles. The summed E-state index contributed by atoms with van der Waals surface area (Å²) < 4.78 is 0. The third-order valence-corrected chi connectivity index (χ3v) is 3.36. The number of allylic oxidation sites excluding steroid dienone is 1. The summed E-state index contributed by atoms with van der Waals surface area (Å²) >= 11 is 1.52. The molecule has 5 heteroatoms. The first kappa shape index (κ1) is 14.4. The quantitative estimate of drug-likeness (QED) is 0.778. The summed E-state index contributed by atoms with van der Waals surface area (Å²) in [5.74, 6) is -1.60. The molecule has 0 aliphatic rings. The van der Waals surface area contributed by atoms with E-state index in [1.807, 2.05) is 23.8 Å². The molecule has 0 fully saturated rings. The molecule has 18 heavy (non-hydrogen) atoms. The SMILES string of the molecule is C/C=C/CC(NC(=O)C(C)c1ccsc1)C(=O)O. The Morgan fingerprint density at radius 1 is 1.56 bits per heavy atom. The van der Waals surface area contributed by atoms with Crippen LogP contribution in [0.5, 0.6) is 0 Å². The minimum Gasteiger partial charge on any atom is -0.480 e. The van der Waals surface area contributed by atoms with Gasteiger partial charge < -0.3 is 10.4 Å².